The highest BCUT2D eigenvalue weighted by Crippen LogP contribution is 2.34. The van der Waals surface area contributed by atoms with Crippen molar-refractivity contribution in [1.29, 1.82) is 0 Å². The standard InChI is InChI=1S/C15H17IO3S/c1-3-18-12-6-5-10(7-13(12)19-4-2)15(17)11-8-14(16)20-9-11/h5-9,15,17H,3-4H2,1-2H3. The second-order valence-corrected chi connectivity index (χ2v) is 6.96. The van der Waals surface area contributed by atoms with Crippen LogP contribution in [-0.2, 0) is 0 Å². The Morgan fingerprint density at radius 1 is 1.10 bits per heavy atom. The number of halogens is 1. The zero-order chi connectivity index (χ0) is 14.5. The molecule has 5 heteroatoms. The SMILES string of the molecule is CCOc1ccc(C(O)c2csc(I)c2)cc1OCC. The van der Waals surface area contributed by atoms with E-state index in [1.54, 1.807) is 11.3 Å². The van der Waals surface area contributed by atoms with Crippen LogP contribution in [0.2, 0.25) is 0 Å². The van der Waals surface area contributed by atoms with Crippen molar-refractivity contribution in [2.45, 2.75) is 20.0 Å². The second kappa shape index (κ2) is 7.28. The maximum absolute atomic E-state index is 10.4. The topological polar surface area (TPSA) is 38.7 Å². The lowest BCUT2D eigenvalue weighted by molar-refractivity contribution is 0.219. The zero-order valence-corrected chi connectivity index (χ0v) is 14.4. The first-order valence-electron chi connectivity index (χ1n) is 6.47. The van der Waals surface area contributed by atoms with E-state index >= 15 is 0 Å². The molecule has 3 nitrogen and oxygen atoms in total. The van der Waals surface area contributed by atoms with Crippen LogP contribution in [0.4, 0.5) is 0 Å². The van der Waals surface area contributed by atoms with Gasteiger partial charge in [0.2, 0.25) is 0 Å². The summed E-state index contributed by atoms with van der Waals surface area (Å²) < 4.78 is 12.3. The number of hydrogen-bond donors (Lipinski definition) is 1. The summed E-state index contributed by atoms with van der Waals surface area (Å²) in [5, 5.41) is 12.4. The molecule has 1 aromatic heterocycles. The van der Waals surface area contributed by atoms with Crippen LogP contribution in [0.1, 0.15) is 31.1 Å². The fourth-order valence-electron chi connectivity index (χ4n) is 1.90. The van der Waals surface area contributed by atoms with Gasteiger partial charge in [0.1, 0.15) is 6.10 Å². The van der Waals surface area contributed by atoms with Gasteiger partial charge in [-0.15, -0.1) is 11.3 Å². The van der Waals surface area contributed by atoms with Gasteiger partial charge in [-0.25, -0.2) is 0 Å². The molecule has 1 aromatic carbocycles. The van der Waals surface area contributed by atoms with Crippen molar-refractivity contribution in [1.82, 2.24) is 0 Å². The summed E-state index contributed by atoms with van der Waals surface area (Å²) in [5.41, 5.74) is 1.72. The molecule has 0 saturated carbocycles. The summed E-state index contributed by atoms with van der Waals surface area (Å²) in [6.45, 7) is 5.02. The molecule has 2 aromatic rings. The molecular weight excluding hydrogens is 387 g/mol. The Hall–Kier alpha value is -0.790. The number of aliphatic hydroxyl groups is 1. The van der Waals surface area contributed by atoms with Crippen LogP contribution in [0.25, 0.3) is 0 Å². The first-order valence-corrected chi connectivity index (χ1v) is 8.43. The average molecular weight is 404 g/mol. The van der Waals surface area contributed by atoms with Crippen LogP contribution >= 0.6 is 33.9 Å². The highest BCUT2D eigenvalue weighted by molar-refractivity contribution is 14.1. The van der Waals surface area contributed by atoms with E-state index in [2.05, 4.69) is 22.6 Å². The number of rotatable bonds is 6. The lowest BCUT2D eigenvalue weighted by Gasteiger charge is -2.15. The first kappa shape index (κ1) is 15.6. The van der Waals surface area contributed by atoms with Crippen LogP contribution in [-0.4, -0.2) is 18.3 Å². The minimum Gasteiger partial charge on any atom is -0.490 e. The molecule has 0 aliphatic heterocycles. The first-order chi connectivity index (χ1) is 9.65. The van der Waals surface area contributed by atoms with Gasteiger partial charge in [-0.3, -0.25) is 0 Å². The Bertz CT molecular complexity index is 568. The molecule has 0 spiro atoms. The quantitative estimate of drug-likeness (QED) is 0.733. The highest BCUT2D eigenvalue weighted by atomic mass is 127. The number of hydrogen-bond acceptors (Lipinski definition) is 4. The molecule has 0 amide bonds. The summed E-state index contributed by atoms with van der Waals surface area (Å²) in [7, 11) is 0. The Morgan fingerprint density at radius 3 is 2.40 bits per heavy atom. The third-order valence-corrected chi connectivity index (χ3v) is 4.59. The molecule has 0 radical (unpaired) electrons. The molecular formula is C15H17IO3S. The number of aliphatic hydroxyl groups excluding tert-OH is 1. The molecule has 0 fully saturated rings. The van der Waals surface area contributed by atoms with Crippen molar-refractivity contribution in [3.8, 4) is 11.5 Å². The third-order valence-electron chi connectivity index (χ3n) is 2.79. The van der Waals surface area contributed by atoms with Crippen molar-refractivity contribution < 1.29 is 14.6 Å². The molecule has 0 aliphatic carbocycles. The molecule has 2 rings (SSSR count). The lowest BCUT2D eigenvalue weighted by Crippen LogP contribution is -2.02. The molecule has 0 aliphatic rings. The second-order valence-electron chi connectivity index (χ2n) is 4.16. The predicted octanol–water partition coefficient (Wildman–Crippen LogP) is 4.23. The molecule has 1 N–H and O–H groups in total. The van der Waals surface area contributed by atoms with Crippen molar-refractivity contribution in [2.24, 2.45) is 0 Å². The van der Waals surface area contributed by atoms with E-state index in [1.165, 1.54) is 0 Å². The van der Waals surface area contributed by atoms with Crippen LogP contribution in [0.3, 0.4) is 0 Å². The van der Waals surface area contributed by atoms with Crippen molar-refractivity contribution >= 4 is 33.9 Å². The molecule has 20 heavy (non-hydrogen) atoms. The van der Waals surface area contributed by atoms with E-state index in [-0.39, 0.29) is 0 Å². The smallest absolute Gasteiger partial charge is 0.161 e. The van der Waals surface area contributed by atoms with E-state index in [4.69, 9.17) is 9.47 Å². The van der Waals surface area contributed by atoms with Gasteiger partial charge in [0, 0.05) is 0 Å². The summed E-state index contributed by atoms with van der Waals surface area (Å²) in [5.74, 6) is 1.39. The van der Waals surface area contributed by atoms with Gasteiger partial charge in [-0.1, -0.05) is 6.07 Å². The predicted molar refractivity (Wildman–Crippen MR) is 89.9 cm³/mol. The van der Waals surface area contributed by atoms with Gasteiger partial charge in [0.15, 0.2) is 11.5 Å². The third kappa shape index (κ3) is 3.65. The molecule has 1 unspecified atom stereocenters. The van der Waals surface area contributed by atoms with Gasteiger partial charge in [0.05, 0.1) is 16.1 Å². The number of ether oxygens (including phenoxy) is 2. The summed E-state index contributed by atoms with van der Waals surface area (Å²) in [4.78, 5) is 0. The van der Waals surface area contributed by atoms with E-state index in [9.17, 15) is 5.11 Å². The minimum absolute atomic E-state index is 0.565. The van der Waals surface area contributed by atoms with Gasteiger partial charge in [0.25, 0.3) is 0 Å². The van der Waals surface area contributed by atoms with Crippen LogP contribution in [0, 0.1) is 2.88 Å². The Kier molecular flexibility index (Phi) is 5.68. The average Bonchev–Trinajstić information content (AvgIpc) is 2.87. The Morgan fingerprint density at radius 2 is 1.80 bits per heavy atom. The van der Waals surface area contributed by atoms with Crippen LogP contribution < -0.4 is 9.47 Å². The fourth-order valence-corrected chi connectivity index (χ4v) is 3.29. The van der Waals surface area contributed by atoms with Gasteiger partial charge >= 0.3 is 0 Å². The molecule has 108 valence electrons. The number of thiophene rings is 1. The zero-order valence-electron chi connectivity index (χ0n) is 11.4. The molecule has 1 heterocycles. The largest absolute Gasteiger partial charge is 0.490 e. The van der Waals surface area contributed by atoms with E-state index < -0.39 is 6.10 Å². The maximum atomic E-state index is 10.4. The van der Waals surface area contributed by atoms with Gasteiger partial charge < -0.3 is 14.6 Å². The monoisotopic (exact) mass is 404 g/mol. The highest BCUT2D eigenvalue weighted by Gasteiger charge is 2.15. The Labute approximate surface area is 136 Å². The molecule has 0 bridgehead atoms. The summed E-state index contributed by atoms with van der Waals surface area (Å²) in [6, 6.07) is 7.57. The summed E-state index contributed by atoms with van der Waals surface area (Å²) in [6.07, 6.45) is -0.635. The molecule has 1 atom stereocenters. The number of benzene rings is 1. The van der Waals surface area contributed by atoms with Gasteiger partial charge in [-0.05, 0) is 71.1 Å². The van der Waals surface area contributed by atoms with Crippen molar-refractivity contribution in [3.63, 3.8) is 0 Å². The normalized spacial score (nSPS) is 12.2. The van der Waals surface area contributed by atoms with Crippen molar-refractivity contribution in [2.75, 3.05) is 13.2 Å². The minimum atomic E-state index is -0.635. The Balaban J connectivity index is 2.29. The molecule has 0 saturated heterocycles. The van der Waals surface area contributed by atoms with Gasteiger partial charge in [-0.2, -0.15) is 0 Å². The fraction of sp³-hybridized carbons (Fsp3) is 0.333. The summed E-state index contributed by atoms with van der Waals surface area (Å²) >= 11 is 3.88. The van der Waals surface area contributed by atoms with E-state index in [0.29, 0.717) is 24.7 Å². The van der Waals surface area contributed by atoms with E-state index in [1.807, 2.05) is 43.5 Å². The lowest BCUT2D eigenvalue weighted by atomic mass is 10.0. The van der Waals surface area contributed by atoms with E-state index in [0.717, 1.165) is 14.0 Å². The van der Waals surface area contributed by atoms with Crippen LogP contribution in [0.15, 0.2) is 29.6 Å². The van der Waals surface area contributed by atoms with Crippen molar-refractivity contribution in [3.05, 3.63) is 43.7 Å². The maximum Gasteiger partial charge on any atom is 0.161 e. The van der Waals surface area contributed by atoms with Crippen LogP contribution in [0.5, 0.6) is 11.5 Å².